The summed E-state index contributed by atoms with van der Waals surface area (Å²) in [5.74, 6) is 0.938. The minimum absolute atomic E-state index is 0.178. The lowest BCUT2D eigenvalue weighted by Crippen LogP contribution is -2.20. The van der Waals surface area contributed by atoms with Crippen LogP contribution in [0.5, 0.6) is 0 Å². The van der Waals surface area contributed by atoms with E-state index in [2.05, 4.69) is 6.92 Å². The molecule has 2 nitrogen and oxygen atoms in total. The lowest BCUT2D eigenvalue weighted by molar-refractivity contribution is -0.126. The summed E-state index contributed by atoms with van der Waals surface area (Å²) in [4.78, 5) is 11.5. The second kappa shape index (κ2) is 5.38. The van der Waals surface area contributed by atoms with Crippen molar-refractivity contribution in [3.05, 3.63) is 0 Å². The van der Waals surface area contributed by atoms with E-state index in [-0.39, 0.29) is 5.41 Å². The molecule has 0 aromatic heterocycles. The van der Waals surface area contributed by atoms with Gasteiger partial charge in [0.05, 0.1) is 0 Å². The van der Waals surface area contributed by atoms with Crippen LogP contribution in [0.3, 0.4) is 0 Å². The summed E-state index contributed by atoms with van der Waals surface area (Å²) in [6.07, 6.45) is 2.70. The van der Waals surface area contributed by atoms with Crippen LogP contribution in [0.15, 0.2) is 0 Å². The predicted octanol–water partition coefficient (Wildman–Crippen LogP) is 2.37. The van der Waals surface area contributed by atoms with Gasteiger partial charge in [-0.2, -0.15) is 0 Å². The summed E-state index contributed by atoms with van der Waals surface area (Å²) in [5, 5.41) is 0. The number of carbonyl (C=O) groups excluding carboxylic acids is 1. The van der Waals surface area contributed by atoms with Crippen molar-refractivity contribution in [3.63, 3.8) is 0 Å². The van der Waals surface area contributed by atoms with Gasteiger partial charge in [0.25, 0.3) is 0 Å². The Balaban J connectivity index is 3.71. The first-order chi connectivity index (χ1) is 5.88. The number of Topliss-reactive ketones (excluding diaryl/α,β-unsaturated/α-hetero) is 1. The number of hydrogen-bond acceptors (Lipinski definition) is 2. The number of hydrogen-bond donors (Lipinski definition) is 1. The molecule has 0 amide bonds. The van der Waals surface area contributed by atoms with Crippen LogP contribution in [-0.4, -0.2) is 12.3 Å². The molecule has 0 radical (unpaired) electrons. The number of rotatable bonds is 5. The van der Waals surface area contributed by atoms with E-state index in [1.54, 1.807) is 0 Å². The molecule has 0 aromatic carbocycles. The lowest BCUT2D eigenvalue weighted by Gasteiger charge is -2.17. The molecular formula is C11H23NO. The summed E-state index contributed by atoms with van der Waals surface area (Å²) < 4.78 is 0. The van der Waals surface area contributed by atoms with Gasteiger partial charge in [-0.3, -0.25) is 4.79 Å². The molecule has 0 saturated heterocycles. The standard InChI is InChI=1S/C11H23NO/c1-9(7-8-12)5-6-10(13)11(2,3)4/h9H,5-8,12H2,1-4H3. The highest BCUT2D eigenvalue weighted by molar-refractivity contribution is 5.83. The highest BCUT2D eigenvalue weighted by atomic mass is 16.1. The third-order valence-electron chi connectivity index (χ3n) is 2.36. The lowest BCUT2D eigenvalue weighted by atomic mass is 9.86. The van der Waals surface area contributed by atoms with Crippen molar-refractivity contribution in [1.82, 2.24) is 0 Å². The monoisotopic (exact) mass is 185 g/mol. The van der Waals surface area contributed by atoms with E-state index in [9.17, 15) is 4.79 Å². The van der Waals surface area contributed by atoms with Gasteiger partial charge in [0.15, 0.2) is 0 Å². The van der Waals surface area contributed by atoms with Crippen LogP contribution in [0.2, 0.25) is 0 Å². The van der Waals surface area contributed by atoms with E-state index in [1.807, 2.05) is 20.8 Å². The van der Waals surface area contributed by atoms with Gasteiger partial charge in [0.1, 0.15) is 5.78 Å². The number of carbonyl (C=O) groups is 1. The molecule has 0 heterocycles. The van der Waals surface area contributed by atoms with Crippen LogP contribution in [0, 0.1) is 11.3 Å². The fourth-order valence-electron chi connectivity index (χ4n) is 1.18. The Morgan fingerprint density at radius 1 is 1.31 bits per heavy atom. The van der Waals surface area contributed by atoms with Gasteiger partial charge >= 0.3 is 0 Å². The molecule has 78 valence electrons. The van der Waals surface area contributed by atoms with Crippen molar-refractivity contribution < 1.29 is 4.79 Å². The topological polar surface area (TPSA) is 43.1 Å². The van der Waals surface area contributed by atoms with Gasteiger partial charge in [-0.05, 0) is 25.3 Å². The molecule has 0 aliphatic heterocycles. The summed E-state index contributed by atoms with van der Waals surface area (Å²) in [5.41, 5.74) is 5.26. The van der Waals surface area contributed by atoms with Crippen LogP contribution in [-0.2, 0) is 4.79 Å². The molecule has 2 heteroatoms. The molecule has 0 aromatic rings. The van der Waals surface area contributed by atoms with Gasteiger partial charge in [0, 0.05) is 11.8 Å². The van der Waals surface area contributed by atoms with E-state index in [1.165, 1.54) is 0 Å². The largest absolute Gasteiger partial charge is 0.330 e. The Hall–Kier alpha value is -0.370. The maximum Gasteiger partial charge on any atom is 0.138 e. The first kappa shape index (κ1) is 12.6. The van der Waals surface area contributed by atoms with E-state index in [0.717, 1.165) is 19.4 Å². The van der Waals surface area contributed by atoms with Crippen LogP contribution in [0.4, 0.5) is 0 Å². The zero-order valence-corrected chi connectivity index (χ0v) is 9.39. The zero-order chi connectivity index (χ0) is 10.5. The maximum atomic E-state index is 11.5. The third kappa shape index (κ3) is 5.81. The zero-order valence-electron chi connectivity index (χ0n) is 9.39. The van der Waals surface area contributed by atoms with E-state index in [0.29, 0.717) is 18.1 Å². The molecule has 0 fully saturated rings. The second-order valence-electron chi connectivity index (χ2n) is 4.89. The molecule has 0 rings (SSSR count). The summed E-state index contributed by atoms with van der Waals surface area (Å²) in [6, 6.07) is 0. The molecule has 0 bridgehead atoms. The predicted molar refractivity (Wildman–Crippen MR) is 56.5 cm³/mol. The van der Waals surface area contributed by atoms with Crippen LogP contribution < -0.4 is 5.73 Å². The molecule has 13 heavy (non-hydrogen) atoms. The molecule has 0 aliphatic rings. The molecule has 0 spiro atoms. The Bertz CT molecular complexity index is 158. The number of ketones is 1. The summed E-state index contributed by atoms with van der Waals surface area (Å²) in [7, 11) is 0. The minimum Gasteiger partial charge on any atom is -0.330 e. The van der Waals surface area contributed by atoms with Gasteiger partial charge in [-0.25, -0.2) is 0 Å². The minimum atomic E-state index is -0.178. The summed E-state index contributed by atoms with van der Waals surface area (Å²) in [6.45, 7) is 8.81. The summed E-state index contributed by atoms with van der Waals surface area (Å²) >= 11 is 0. The Kier molecular flexibility index (Phi) is 5.23. The highest BCUT2D eigenvalue weighted by Gasteiger charge is 2.20. The molecule has 2 N–H and O–H groups in total. The van der Waals surface area contributed by atoms with Crippen molar-refractivity contribution >= 4 is 5.78 Å². The Morgan fingerprint density at radius 2 is 1.85 bits per heavy atom. The molecule has 0 saturated carbocycles. The molecule has 1 atom stereocenters. The van der Waals surface area contributed by atoms with E-state index < -0.39 is 0 Å². The van der Waals surface area contributed by atoms with Gasteiger partial charge < -0.3 is 5.73 Å². The van der Waals surface area contributed by atoms with Crippen molar-refractivity contribution in [2.24, 2.45) is 17.1 Å². The van der Waals surface area contributed by atoms with E-state index >= 15 is 0 Å². The molecular weight excluding hydrogens is 162 g/mol. The Morgan fingerprint density at radius 3 is 2.23 bits per heavy atom. The third-order valence-corrected chi connectivity index (χ3v) is 2.36. The van der Waals surface area contributed by atoms with Crippen LogP contribution >= 0.6 is 0 Å². The van der Waals surface area contributed by atoms with Gasteiger partial charge in [-0.15, -0.1) is 0 Å². The first-order valence-corrected chi connectivity index (χ1v) is 5.11. The van der Waals surface area contributed by atoms with Crippen LogP contribution in [0.1, 0.15) is 47.0 Å². The van der Waals surface area contributed by atoms with Crippen LogP contribution in [0.25, 0.3) is 0 Å². The number of nitrogens with two attached hydrogens (primary N) is 1. The molecule has 0 aliphatic carbocycles. The SMILES string of the molecule is CC(CCN)CCC(=O)C(C)(C)C. The van der Waals surface area contributed by atoms with Gasteiger partial charge in [-0.1, -0.05) is 27.7 Å². The van der Waals surface area contributed by atoms with E-state index in [4.69, 9.17) is 5.73 Å². The fraction of sp³-hybridized carbons (Fsp3) is 0.909. The normalized spacial score (nSPS) is 14.2. The molecule has 1 unspecified atom stereocenters. The average molecular weight is 185 g/mol. The van der Waals surface area contributed by atoms with Crippen molar-refractivity contribution in [3.8, 4) is 0 Å². The second-order valence-corrected chi connectivity index (χ2v) is 4.89. The van der Waals surface area contributed by atoms with Crippen molar-refractivity contribution in [2.45, 2.75) is 47.0 Å². The Labute approximate surface area is 81.9 Å². The highest BCUT2D eigenvalue weighted by Crippen LogP contribution is 2.20. The smallest absolute Gasteiger partial charge is 0.138 e. The quantitative estimate of drug-likeness (QED) is 0.714. The fourth-order valence-corrected chi connectivity index (χ4v) is 1.18. The first-order valence-electron chi connectivity index (χ1n) is 5.11. The van der Waals surface area contributed by atoms with Crippen molar-refractivity contribution in [1.29, 1.82) is 0 Å². The average Bonchev–Trinajstić information content (AvgIpc) is 1.99. The van der Waals surface area contributed by atoms with Crippen molar-refractivity contribution in [2.75, 3.05) is 6.54 Å². The maximum absolute atomic E-state index is 11.5. The van der Waals surface area contributed by atoms with Gasteiger partial charge in [0.2, 0.25) is 0 Å².